The zero-order valence-corrected chi connectivity index (χ0v) is 14.3. The summed E-state index contributed by atoms with van der Waals surface area (Å²) in [6.07, 6.45) is 4.56. The normalized spacial score (nSPS) is 16.6. The fraction of sp³-hybridized carbons (Fsp3) is 0.375. The lowest BCUT2D eigenvalue weighted by Crippen LogP contribution is -2.44. The van der Waals surface area contributed by atoms with Crippen molar-refractivity contribution in [2.45, 2.75) is 25.3 Å². The first kappa shape index (κ1) is 17.2. The Hall–Kier alpha value is -2.68. The number of likely N-dealkylation sites (tertiary alicyclic amines) is 1. The summed E-state index contributed by atoms with van der Waals surface area (Å²) in [5.74, 6) is -0.538. The Labute approximate surface area is 148 Å². The molecule has 132 valence electrons. The first-order valence-corrected chi connectivity index (χ1v) is 8.84. The molecule has 25 heavy (non-hydrogen) atoms. The maximum Gasteiger partial charge on any atom is 0.286 e. The number of nitrogens with one attached hydrogen (secondary N) is 2. The molecule has 0 radical (unpaired) electrons. The zero-order chi connectivity index (χ0) is 17.6. The summed E-state index contributed by atoms with van der Waals surface area (Å²) in [6, 6.07) is 2.68. The molecule has 2 aromatic rings. The number of nitrogens with zero attached hydrogens (tertiary/aromatic N) is 2. The van der Waals surface area contributed by atoms with Gasteiger partial charge in [-0.2, -0.15) is 0 Å². The van der Waals surface area contributed by atoms with Crippen LogP contribution in [0.25, 0.3) is 0 Å². The van der Waals surface area contributed by atoms with Crippen LogP contribution < -0.4 is 10.6 Å². The smallest absolute Gasteiger partial charge is 0.286 e. The van der Waals surface area contributed by atoms with Crippen LogP contribution in [0.4, 0.5) is 5.13 Å². The highest BCUT2D eigenvalue weighted by Gasteiger charge is 2.34. The van der Waals surface area contributed by atoms with E-state index in [0.29, 0.717) is 18.1 Å². The van der Waals surface area contributed by atoms with E-state index in [1.54, 1.807) is 28.6 Å². The summed E-state index contributed by atoms with van der Waals surface area (Å²) in [7, 11) is 0. The lowest BCUT2D eigenvalue weighted by molar-refractivity contribution is -0.136. The van der Waals surface area contributed by atoms with Crippen molar-refractivity contribution in [2.75, 3.05) is 18.4 Å². The molecule has 9 heteroatoms. The SMILES string of the molecule is O=C(NCCC(=O)N1CCCC1C(=O)Nc1nccs1)c1ccco1. The van der Waals surface area contributed by atoms with E-state index in [2.05, 4.69) is 15.6 Å². The lowest BCUT2D eigenvalue weighted by atomic mass is 10.2. The fourth-order valence-corrected chi connectivity index (χ4v) is 3.26. The van der Waals surface area contributed by atoms with Gasteiger partial charge in [0, 0.05) is 31.1 Å². The second-order valence-corrected chi connectivity index (χ2v) is 6.45. The minimum Gasteiger partial charge on any atom is -0.459 e. The van der Waals surface area contributed by atoms with Gasteiger partial charge in [0.2, 0.25) is 11.8 Å². The van der Waals surface area contributed by atoms with Crippen molar-refractivity contribution in [1.29, 1.82) is 0 Å². The highest BCUT2D eigenvalue weighted by Crippen LogP contribution is 2.20. The number of furan rings is 1. The standard InChI is InChI=1S/C16H18N4O4S/c21-13(5-6-17-15(23)12-4-2-9-24-12)20-8-1-3-11(20)14(22)19-16-18-7-10-25-16/h2,4,7,9-11H,1,3,5-6,8H2,(H,17,23)(H,18,19,22). The molecule has 3 heterocycles. The molecule has 1 fully saturated rings. The van der Waals surface area contributed by atoms with Gasteiger partial charge in [-0.15, -0.1) is 11.3 Å². The van der Waals surface area contributed by atoms with Gasteiger partial charge in [-0.05, 0) is 25.0 Å². The number of thiazole rings is 1. The van der Waals surface area contributed by atoms with Crippen LogP contribution in [0.5, 0.6) is 0 Å². The number of carbonyl (C=O) groups excluding carboxylic acids is 3. The molecule has 1 unspecified atom stereocenters. The minimum absolute atomic E-state index is 0.132. The van der Waals surface area contributed by atoms with Gasteiger partial charge in [0.15, 0.2) is 10.9 Å². The molecule has 2 N–H and O–H groups in total. The quantitative estimate of drug-likeness (QED) is 0.810. The maximum absolute atomic E-state index is 12.4. The minimum atomic E-state index is -0.489. The summed E-state index contributed by atoms with van der Waals surface area (Å²) in [6.45, 7) is 0.733. The molecular weight excluding hydrogens is 344 g/mol. The van der Waals surface area contributed by atoms with Crippen molar-refractivity contribution in [3.8, 4) is 0 Å². The monoisotopic (exact) mass is 362 g/mol. The third-order valence-electron chi connectivity index (χ3n) is 3.91. The molecule has 3 amide bonds. The third kappa shape index (κ3) is 4.24. The third-order valence-corrected chi connectivity index (χ3v) is 4.60. The van der Waals surface area contributed by atoms with Crippen LogP contribution >= 0.6 is 11.3 Å². The molecular formula is C16H18N4O4S. The molecule has 8 nitrogen and oxygen atoms in total. The van der Waals surface area contributed by atoms with Crippen molar-refractivity contribution in [2.24, 2.45) is 0 Å². The Balaban J connectivity index is 1.48. The van der Waals surface area contributed by atoms with Crippen molar-refractivity contribution in [3.05, 3.63) is 35.7 Å². The van der Waals surface area contributed by atoms with Gasteiger partial charge in [0.25, 0.3) is 5.91 Å². The van der Waals surface area contributed by atoms with E-state index in [0.717, 1.165) is 6.42 Å². The van der Waals surface area contributed by atoms with E-state index in [9.17, 15) is 14.4 Å². The molecule has 0 aromatic carbocycles. The van der Waals surface area contributed by atoms with E-state index < -0.39 is 6.04 Å². The van der Waals surface area contributed by atoms with Crippen LogP contribution in [0.15, 0.2) is 34.4 Å². The van der Waals surface area contributed by atoms with E-state index in [1.807, 2.05) is 0 Å². The van der Waals surface area contributed by atoms with Crippen LogP contribution in [-0.4, -0.2) is 46.7 Å². The van der Waals surface area contributed by atoms with Gasteiger partial charge in [0.05, 0.1) is 6.26 Å². The van der Waals surface area contributed by atoms with Crippen LogP contribution in [0.1, 0.15) is 29.8 Å². The van der Waals surface area contributed by atoms with Gasteiger partial charge in [-0.3, -0.25) is 14.4 Å². The molecule has 0 saturated carbocycles. The predicted molar refractivity (Wildman–Crippen MR) is 91.1 cm³/mol. The largest absolute Gasteiger partial charge is 0.459 e. The van der Waals surface area contributed by atoms with Gasteiger partial charge in [-0.25, -0.2) is 4.98 Å². The second kappa shape index (κ2) is 7.93. The second-order valence-electron chi connectivity index (χ2n) is 5.55. The van der Waals surface area contributed by atoms with Crippen molar-refractivity contribution < 1.29 is 18.8 Å². The Morgan fingerprint density at radius 3 is 3.00 bits per heavy atom. The summed E-state index contributed by atoms with van der Waals surface area (Å²) in [4.78, 5) is 42.1. The lowest BCUT2D eigenvalue weighted by Gasteiger charge is -2.23. The summed E-state index contributed by atoms with van der Waals surface area (Å²) < 4.78 is 4.99. The van der Waals surface area contributed by atoms with Crippen LogP contribution in [-0.2, 0) is 9.59 Å². The van der Waals surface area contributed by atoms with E-state index in [1.165, 1.54) is 17.6 Å². The van der Waals surface area contributed by atoms with Gasteiger partial charge >= 0.3 is 0 Å². The van der Waals surface area contributed by atoms with Crippen LogP contribution in [0.2, 0.25) is 0 Å². The van der Waals surface area contributed by atoms with Crippen molar-refractivity contribution >= 4 is 34.2 Å². The zero-order valence-electron chi connectivity index (χ0n) is 13.4. The molecule has 2 aromatic heterocycles. The molecule has 0 spiro atoms. The van der Waals surface area contributed by atoms with Gasteiger partial charge in [-0.1, -0.05) is 0 Å². The van der Waals surface area contributed by atoms with E-state index >= 15 is 0 Å². The first-order valence-electron chi connectivity index (χ1n) is 7.96. The molecule has 0 aliphatic carbocycles. The number of hydrogen-bond acceptors (Lipinski definition) is 6. The number of carbonyl (C=O) groups is 3. The van der Waals surface area contributed by atoms with E-state index in [-0.39, 0.29) is 36.4 Å². The molecule has 1 saturated heterocycles. The molecule has 3 rings (SSSR count). The van der Waals surface area contributed by atoms with Crippen LogP contribution in [0.3, 0.4) is 0 Å². The number of amides is 3. The topological polar surface area (TPSA) is 105 Å². The Morgan fingerprint density at radius 2 is 2.28 bits per heavy atom. The van der Waals surface area contributed by atoms with E-state index in [4.69, 9.17) is 4.42 Å². The number of hydrogen-bond donors (Lipinski definition) is 2. The highest BCUT2D eigenvalue weighted by atomic mass is 32.1. The van der Waals surface area contributed by atoms with Crippen molar-refractivity contribution in [1.82, 2.24) is 15.2 Å². The molecule has 1 aliphatic heterocycles. The Bertz CT molecular complexity index is 729. The van der Waals surface area contributed by atoms with Crippen molar-refractivity contribution in [3.63, 3.8) is 0 Å². The average molecular weight is 362 g/mol. The molecule has 1 atom stereocenters. The van der Waals surface area contributed by atoms with Crippen LogP contribution in [0, 0.1) is 0 Å². The summed E-state index contributed by atoms with van der Waals surface area (Å²) in [5, 5.41) is 7.66. The number of rotatable bonds is 6. The Kier molecular flexibility index (Phi) is 5.44. The Morgan fingerprint density at radius 1 is 1.40 bits per heavy atom. The number of anilines is 1. The van der Waals surface area contributed by atoms with Gasteiger partial charge in [0.1, 0.15) is 6.04 Å². The van der Waals surface area contributed by atoms with Gasteiger partial charge < -0.3 is 20.0 Å². The summed E-state index contributed by atoms with van der Waals surface area (Å²) in [5.41, 5.74) is 0. The molecule has 1 aliphatic rings. The first-order chi connectivity index (χ1) is 12.1. The number of aromatic nitrogens is 1. The predicted octanol–water partition coefficient (Wildman–Crippen LogP) is 1.49. The average Bonchev–Trinajstić information content (AvgIpc) is 3.35. The fourth-order valence-electron chi connectivity index (χ4n) is 2.73. The highest BCUT2D eigenvalue weighted by molar-refractivity contribution is 7.13. The summed E-state index contributed by atoms with van der Waals surface area (Å²) >= 11 is 1.33. The maximum atomic E-state index is 12.4. The molecule has 0 bridgehead atoms.